The van der Waals surface area contributed by atoms with Crippen molar-refractivity contribution in [2.75, 3.05) is 6.54 Å². The number of aliphatic imine (C=N–C) groups is 1. The molecule has 0 aliphatic rings. The number of amides is 15. The first-order valence-electron chi connectivity index (χ1n) is 27.5. The molecule has 0 saturated carbocycles. The molecule has 0 aliphatic heterocycles. The van der Waals surface area contributed by atoms with Gasteiger partial charge in [-0.2, -0.15) is 0 Å². The number of aliphatic carboxylic acids is 3. The van der Waals surface area contributed by atoms with Crippen molar-refractivity contribution in [2.24, 2.45) is 39.4 Å². The summed E-state index contributed by atoms with van der Waals surface area (Å²) in [5, 5.41) is 53.2. The van der Waals surface area contributed by atoms with Gasteiger partial charge in [0.1, 0.15) is 66.5 Å². The Hall–Kier alpha value is -10.3. The topological polar surface area (TPSA) is 669 Å². The van der Waals surface area contributed by atoms with Crippen LogP contribution in [-0.4, -0.2) is 201 Å². The Morgan fingerprint density at radius 1 is 0.315 bits per heavy atom. The predicted octanol–water partition coefficient (Wildman–Crippen LogP) is -9.65. The Morgan fingerprint density at radius 2 is 0.539 bits per heavy atom. The molecule has 0 aromatic rings. The molecule has 39 nitrogen and oxygen atoms in total. The number of primary amides is 4. The minimum atomic E-state index is -1.80. The molecule has 0 unspecified atom stereocenters. The van der Waals surface area contributed by atoms with Gasteiger partial charge in [-0.15, -0.1) is 0 Å². The van der Waals surface area contributed by atoms with E-state index in [4.69, 9.17) is 34.4 Å². The minimum Gasteiger partial charge on any atom is -0.481 e. The van der Waals surface area contributed by atoms with Crippen LogP contribution in [0.25, 0.3) is 0 Å². The maximum atomic E-state index is 13.6. The van der Waals surface area contributed by atoms with Crippen molar-refractivity contribution in [3.63, 3.8) is 0 Å². The van der Waals surface area contributed by atoms with Gasteiger partial charge in [-0.25, -0.2) is 0 Å². The van der Waals surface area contributed by atoms with Gasteiger partial charge in [-0.05, 0) is 79.1 Å². The van der Waals surface area contributed by atoms with Gasteiger partial charge in [0.05, 0.1) is 0 Å². The molecule has 0 rings (SSSR count). The summed E-state index contributed by atoms with van der Waals surface area (Å²) in [7, 11) is 0. The number of carboxylic acids is 3. The number of nitrogens with one attached hydrogen (secondary N) is 11. The third-order valence-electron chi connectivity index (χ3n) is 12.5. The monoisotopic (exact) mass is 1270 g/mol. The molecule has 11 atom stereocenters. The number of hydrogen-bond donors (Lipinski definition) is 20. The van der Waals surface area contributed by atoms with Gasteiger partial charge in [-0.1, -0.05) is 0 Å². The summed E-state index contributed by atoms with van der Waals surface area (Å²) in [6.07, 6.45) is -6.68. The highest BCUT2D eigenvalue weighted by Gasteiger charge is 2.35. The molecule has 0 bridgehead atoms. The Bertz CT molecular complexity index is 2650. The van der Waals surface area contributed by atoms with Crippen molar-refractivity contribution >= 4 is 112 Å². The zero-order valence-electron chi connectivity index (χ0n) is 49.6. The maximum Gasteiger partial charge on any atom is 0.303 e. The minimum absolute atomic E-state index is 0.0405. The molecule has 0 heterocycles. The number of guanidine groups is 1. The molecular formula is C50H82N18O21. The van der Waals surface area contributed by atoms with Gasteiger partial charge in [0, 0.05) is 52.0 Å². The van der Waals surface area contributed by atoms with Gasteiger partial charge >= 0.3 is 17.9 Å². The lowest BCUT2D eigenvalue weighted by molar-refractivity contribution is -0.139. The van der Waals surface area contributed by atoms with E-state index in [-0.39, 0.29) is 44.6 Å². The summed E-state index contributed by atoms with van der Waals surface area (Å²) < 4.78 is 0. The van der Waals surface area contributed by atoms with Crippen molar-refractivity contribution in [3.8, 4) is 0 Å². The van der Waals surface area contributed by atoms with E-state index in [1.807, 2.05) is 0 Å². The van der Waals surface area contributed by atoms with E-state index in [1.54, 1.807) is 0 Å². The van der Waals surface area contributed by atoms with Crippen molar-refractivity contribution in [1.29, 1.82) is 0 Å². The predicted molar refractivity (Wildman–Crippen MR) is 305 cm³/mol. The first-order chi connectivity index (χ1) is 41.3. The van der Waals surface area contributed by atoms with Crippen LogP contribution in [0.1, 0.15) is 125 Å². The fourth-order valence-electron chi connectivity index (χ4n) is 7.56. The van der Waals surface area contributed by atoms with E-state index in [0.29, 0.717) is 0 Å². The summed E-state index contributed by atoms with van der Waals surface area (Å²) in [5.41, 5.74) is 31.6. The lowest BCUT2D eigenvalue weighted by Gasteiger charge is -2.26. The molecule has 26 N–H and O–H groups in total. The fraction of sp³-hybridized carbons (Fsp3) is 0.620. The van der Waals surface area contributed by atoms with Crippen molar-refractivity contribution < 1.29 is 102 Å². The van der Waals surface area contributed by atoms with Crippen molar-refractivity contribution in [2.45, 2.75) is 191 Å². The molecule has 0 aliphatic carbocycles. The van der Waals surface area contributed by atoms with Gasteiger partial charge in [-0.3, -0.25) is 91.3 Å². The van der Waals surface area contributed by atoms with Crippen LogP contribution in [-0.2, 0) is 86.3 Å². The summed E-state index contributed by atoms with van der Waals surface area (Å²) in [5.74, 6) is -20.0. The number of hydrogen-bond acceptors (Lipinski definition) is 19. The maximum absolute atomic E-state index is 13.6. The first kappa shape index (κ1) is 78.7. The van der Waals surface area contributed by atoms with E-state index < -0.39 is 231 Å². The summed E-state index contributed by atoms with van der Waals surface area (Å²) in [6.45, 7) is 5.56. The van der Waals surface area contributed by atoms with Gasteiger partial charge in [0.2, 0.25) is 88.6 Å². The highest BCUT2D eigenvalue weighted by molar-refractivity contribution is 5.99. The zero-order valence-corrected chi connectivity index (χ0v) is 49.6. The molecular weight excluding hydrogens is 1190 g/mol. The van der Waals surface area contributed by atoms with Crippen LogP contribution in [0.3, 0.4) is 0 Å². The molecule has 0 fully saturated rings. The van der Waals surface area contributed by atoms with Crippen molar-refractivity contribution in [1.82, 2.24) is 58.5 Å². The quantitative estimate of drug-likeness (QED) is 0.0153. The Morgan fingerprint density at radius 3 is 0.787 bits per heavy atom. The Kier molecular flexibility index (Phi) is 35.5. The highest BCUT2D eigenvalue weighted by atomic mass is 16.4. The van der Waals surface area contributed by atoms with E-state index >= 15 is 0 Å². The van der Waals surface area contributed by atoms with Gasteiger partial charge in [0.15, 0.2) is 5.96 Å². The molecule has 0 aromatic heterocycles. The average Bonchev–Trinajstić information content (AvgIpc) is 2.73. The van der Waals surface area contributed by atoms with E-state index in [2.05, 4.69) is 63.5 Å². The normalized spacial score (nSPS) is 14.4. The fourth-order valence-corrected chi connectivity index (χ4v) is 7.56. The number of carbonyl (C=O) groups is 18. The van der Waals surface area contributed by atoms with Crippen LogP contribution in [0.5, 0.6) is 0 Å². The van der Waals surface area contributed by atoms with E-state index in [0.717, 1.165) is 27.7 Å². The van der Waals surface area contributed by atoms with Crippen LogP contribution in [0, 0.1) is 0 Å². The third-order valence-corrected chi connectivity index (χ3v) is 12.5. The largest absolute Gasteiger partial charge is 0.481 e. The number of nitrogens with zero attached hydrogens (tertiary/aromatic N) is 1. The molecule has 15 amide bonds. The number of carbonyl (C=O) groups excluding carboxylic acids is 15. The molecule has 0 radical (unpaired) electrons. The first-order valence-corrected chi connectivity index (χ1v) is 27.5. The summed E-state index contributed by atoms with van der Waals surface area (Å²) >= 11 is 0. The van der Waals surface area contributed by atoms with Crippen molar-refractivity contribution in [3.05, 3.63) is 0 Å². The smallest absolute Gasteiger partial charge is 0.303 e. The molecule has 0 aromatic carbocycles. The summed E-state index contributed by atoms with van der Waals surface area (Å²) in [4.78, 5) is 231. The van der Waals surface area contributed by atoms with E-state index in [9.17, 15) is 102 Å². The number of carboxylic acid groups (broad SMARTS) is 3. The second kappa shape index (κ2) is 40.2. The third kappa shape index (κ3) is 33.9. The van der Waals surface area contributed by atoms with Crippen LogP contribution < -0.4 is 92.9 Å². The Labute approximate surface area is 508 Å². The lowest BCUT2D eigenvalue weighted by Crippen LogP contribution is -2.60. The summed E-state index contributed by atoms with van der Waals surface area (Å²) in [6, 6.07) is -17.5. The number of rotatable bonds is 44. The molecule has 89 heavy (non-hydrogen) atoms. The Balaban J connectivity index is 6.42. The molecule has 39 heteroatoms. The SMILES string of the molecule is CC(=O)N[C@@H](CCC(N)=O)C(=O)N[C@@H](C)C(=O)N[C@@H](CCCN=C(N)N)C(=O)N[C@@H](C)C(=O)N[C@@H](CCC(=O)O)C(=O)N[C@@H](C)C(=O)N[C@@H](CCC(=O)O)C(=O)N[C@@H](C)C(=O)N[C@@H](CCC(=O)O)C(=O)N[C@@H](CCC(N)=O)C(=O)N[C@@H](CCC(N)=O)C(N)=O. The standard InChI is InChI=1S/C50H82N18O21/c1-21(59-45(85)28(62-25(5)69)9-15-34(52)71)40(80)64-27(7-6-20-57-50(55)56)44(84)58-22(2)41(81)65-30(11-17-36(73)74)46(86)60-23(3)42(82)66-31(12-18-37(75)76)47(87)61-24(4)43(83)67-32(13-19-38(77)78)49(89)68-29(10-16-35(53)72)48(88)63-26(39(54)79)8-14-33(51)70/h21-24,26-32H,6-20H2,1-5H3,(H2,51,70)(H2,52,71)(H2,53,72)(H2,54,79)(H,58,84)(H,59,85)(H,60,86)(H,61,87)(H,62,69)(H,63,88)(H,64,80)(H,65,81)(H,66,82)(H,67,83)(H,68,89)(H,73,74)(H,75,76)(H,77,78)(H4,55,56,57)/t21-,22-,23-,24-,26-,27-,28-,29-,30-,31-,32-/m0/s1. The van der Waals surface area contributed by atoms with Crippen LogP contribution in [0.15, 0.2) is 4.99 Å². The average molecular weight is 1270 g/mol. The zero-order chi connectivity index (χ0) is 68.4. The van der Waals surface area contributed by atoms with Crippen LogP contribution >= 0.6 is 0 Å². The second-order valence-corrected chi connectivity index (χ2v) is 20.2. The molecule has 0 spiro atoms. The van der Waals surface area contributed by atoms with Crippen LogP contribution in [0.2, 0.25) is 0 Å². The van der Waals surface area contributed by atoms with Gasteiger partial charge < -0.3 is 108 Å². The van der Waals surface area contributed by atoms with E-state index in [1.165, 1.54) is 6.92 Å². The molecule has 498 valence electrons. The molecule has 0 saturated heterocycles. The second-order valence-electron chi connectivity index (χ2n) is 20.2. The highest BCUT2D eigenvalue weighted by Crippen LogP contribution is 2.09. The van der Waals surface area contributed by atoms with Gasteiger partial charge in [0.25, 0.3) is 0 Å². The number of nitrogens with two attached hydrogens (primary N) is 6. The van der Waals surface area contributed by atoms with Crippen LogP contribution in [0.4, 0.5) is 0 Å². The lowest BCUT2D eigenvalue weighted by atomic mass is 10.1.